The molecule has 0 radical (unpaired) electrons. The molecule has 0 bridgehead atoms. The standard InChI is InChI=1S/C16H25N3/c1-13(15-3-2-8-17-12-15)19-9-6-16(7-10-19)18-11-14-4-5-14/h2-3,8,12-14,16,18H,4-7,9-11H2,1H3. The summed E-state index contributed by atoms with van der Waals surface area (Å²) in [4.78, 5) is 6.82. The van der Waals surface area contributed by atoms with Gasteiger partial charge in [-0.2, -0.15) is 0 Å². The predicted molar refractivity (Wildman–Crippen MR) is 78.0 cm³/mol. The minimum absolute atomic E-state index is 0.498. The molecule has 3 nitrogen and oxygen atoms in total. The van der Waals surface area contributed by atoms with E-state index in [9.17, 15) is 0 Å². The molecule has 1 N–H and O–H groups in total. The van der Waals surface area contributed by atoms with E-state index >= 15 is 0 Å². The zero-order chi connectivity index (χ0) is 13.1. The summed E-state index contributed by atoms with van der Waals surface area (Å²) in [7, 11) is 0. The lowest BCUT2D eigenvalue weighted by Gasteiger charge is -2.36. The van der Waals surface area contributed by atoms with E-state index in [0.29, 0.717) is 6.04 Å². The number of hydrogen-bond donors (Lipinski definition) is 1. The quantitative estimate of drug-likeness (QED) is 0.881. The molecule has 1 aromatic rings. The van der Waals surface area contributed by atoms with Crippen molar-refractivity contribution in [3.63, 3.8) is 0 Å². The lowest BCUT2D eigenvalue weighted by atomic mass is 10.0. The van der Waals surface area contributed by atoms with Crippen LogP contribution in [0.1, 0.15) is 44.2 Å². The van der Waals surface area contributed by atoms with Crippen molar-refractivity contribution >= 4 is 0 Å². The van der Waals surface area contributed by atoms with Crippen LogP contribution in [0, 0.1) is 5.92 Å². The van der Waals surface area contributed by atoms with Gasteiger partial charge >= 0.3 is 0 Å². The van der Waals surface area contributed by atoms with Crippen molar-refractivity contribution < 1.29 is 0 Å². The monoisotopic (exact) mass is 259 g/mol. The van der Waals surface area contributed by atoms with Crippen LogP contribution in [0.3, 0.4) is 0 Å². The van der Waals surface area contributed by atoms with Gasteiger partial charge in [-0.3, -0.25) is 9.88 Å². The Balaban J connectivity index is 1.46. The first-order chi connectivity index (χ1) is 9.33. The third kappa shape index (κ3) is 3.54. The van der Waals surface area contributed by atoms with E-state index in [2.05, 4.69) is 28.2 Å². The normalized spacial score (nSPS) is 23.4. The minimum atomic E-state index is 0.498. The van der Waals surface area contributed by atoms with Crippen molar-refractivity contribution in [2.75, 3.05) is 19.6 Å². The first-order valence-corrected chi connectivity index (χ1v) is 7.70. The Labute approximate surface area is 116 Å². The van der Waals surface area contributed by atoms with Crippen LogP contribution >= 0.6 is 0 Å². The zero-order valence-corrected chi connectivity index (χ0v) is 11.9. The molecule has 0 spiro atoms. The molecule has 0 amide bonds. The van der Waals surface area contributed by atoms with Crippen LogP contribution in [0.2, 0.25) is 0 Å². The summed E-state index contributed by atoms with van der Waals surface area (Å²) < 4.78 is 0. The van der Waals surface area contributed by atoms with E-state index in [1.807, 2.05) is 18.5 Å². The van der Waals surface area contributed by atoms with E-state index in [0.717, 1.165) is 12.0 Å². The molecule has 2 heterocycles. The molecule has 104 valence electrons. The molecule has 1 atom stereocenters. The molecule has 1 unspecified atom stereocenters. The fourth-order valence-corrected chi connectivity index (χ4v) is 2.98. The maximum Gasteiger partial charge on any atom is 0.0335 e. The van der Waals surface area contributed by atoms with Gasteiger partial charge in [-0.05, 0) is 56.7 Å². The fourth-order valence-electron chi connectivity index (χ4n) is 2.98. The molecule has 0 aromatic carbocycles. The largest absolute Gasteiger partial charge is 0.314 e. The third-order valence-electron chi connectivity index (χ3n) is 4.64. The third-order valence-corrected chi connectivity index (χ3v) is 4.64. The molecule has 2 fully saturated rings. The summed E-state index contributed by atoms with van der Waals surface area (Å²) in [6.45, 7) is 5.97. The first kappa shape index (κ1) is 13.1. The molecule has 1 saturated carbocycles. The van der Waals surface area contributed by atoms with Gasteiger partial charge in [0.25, 0.3) is 0 Å². The van der Waals surface area contributed by atoms with Crippen molar-refractivity contribution in [2.45, 2.75) is 44.7 Å². The van der Waals surface area contributed by atoms with Crippen molar-refractivity contribution in [3.8, 4) is 0 Å². The van der Waals surface area contributed by atoms with Crippen LogP contribution in [-0.2, 0) is 0 Å². The van der Waals surface area contributed by atoms with Crippen LogP contribution in [0.5, 0.6) is 0 Å². The Hall–Kier alpha value is -0.930. The highest BCUT2D eigenvalue weighted by Crippen LogP contribution is 2.28. The Morgan fingerprint density at radius 2 is 2.11 bits per heavy atom. The number of nitrogens with zero attached hydrogens (tertiary/aromatic N) is 2. The number of piperidine rings is 1. The highest BCUT2D eigenvalue weighted by Gasteiger charge is 2.26. The Morgan fingerprint density at radius 3 is 2.74 bits per heavy atom. The highest BCUT2D eigenvalue weighted by atomic mass is 15.2. The molecule has 1 saturated heterocycles. The summed E-state index contributed by atoms with van der Waals surface area (Å²) in [5.74, 6) is 0.993. The minimum Gasteiger partial charge on any atom is -0.314 e. The second kappa shape index (κ2) is 6.02. The lowest BCUT2D eigenvalue weighted by Crippen LogP contribution is -2.43. The van der Waals surface area contributed by atoms with Gasteiger partial charge < -0.3 is 5.32 Å². The van der Waals surface area contributed by atoms with E-state index < -0.39 is 0 Å². The Kier molecular flexibility index (Phi) is 4.14. The summed E-state index contributed by atoms with van der Waals surface area (Å²) in [5, 5.41) is 3.74. The van der Waals surface area contributed by atoms with Gasteiger partial charge in [-0.15, -0.1) is 0 Å². The van der Waals surface area contributed by atoms with Crippen LogP contribution in [0.25, 0.3) is 0 Å². The van der Waals surface area contributed by atoms with E-state index in [1.54, 1.807) is 0 Å². The van der Waals surface area contributed by atoms with Crippen LogP contribution in [-0.4, -0.2) is 35.6 Å². The smallest absolute Gasteiger partial charge is 0.0335 e. The maximum absolute atomic E-state index is 4.23. The predicted octanol–water partition coefficient (Wildman–Crippen LogP) is 2.61. The van der Waals surface area contributed by atoms with Gasteiger partial charge in [0.15, 0.2) is 0 Å². The van der Waals surface area contributed by atoms with E-state index in [1.165, 1.54) is 50.9 Å². The average molecular weight is 259 g/mol. The van der Waals surface area contributed by atoms with E-state index in [-0.39, 0.29) is 0 Å². The Morgan fingerprint density at radius 1 is 1.32 bits per heavy atom. The van der Waals surface area contributed by atoms with Crippen LogP contribution in [0.4, 0.5) is 0 Å². The average Bonchev–Trinajstić information content (AvgIpc) is 3.30. The van der Waals surface area contributed by atoms with Crippen molar-refractivity contribution in [3.05, 3.63) is 30.1 Å². The molecular formula is C16H25N3. The molecule has 3 rings (SSSR count). The number of hydrogen-bond acceptors (Lipinski definition) is 3. The molecule has 2 aliphatic rings. The van der Waals surface area contributed by atoms with Crippen molar-refractivity contribution in [1.82, 2.24) is 15.2 Å². The second-order valence-electron chi connectivity index (χ2n) is 6.12. The van der Waals surface area contributed by atoms with Crippen molar-refractivity contribution in [1.29, 1.82) is 0 Å². The zero-order valence-electron chi connectivity index (χ0n) is 11.9. The van der Waals surface area contributed by atoms with E-state index in [4.69, 9.17) is 0 Å². The number of pyridine rings is 1. The summed E-state index contributed by atoms with van der Waals surface area (Å²) in [5.41, 5.74) is 1.34. The summed E-state index contributed by atoms with van der Waals surface area (Å²) in [6.07, 6.45) is 9.33. The molecule has 19 heavy (non-hydrogen) atoms. The molecule has 1 aromatic heterocycles. The Bertz CT molecular complexity index is 380. The highest BCUT2D eigenvalue weighted by molar-refractivity contribution is 5.13. The summed E-state index contributed by atoms with van der Waals surface area (Å²) in [6, 6.07) is 5.47. The van der Waals surface area contributed by atoms with Gasteiger partial charge in [-0.1, -0.05) is 6.07 Å². The van der Waals surface area contributed by atoms with Crippen LogP contribution in [0.15, 0.2) is 24.5 Å². The van der Waals surface area contributed by atoms with Gasteiger partial charge in [0.05, 0.1) is 0 Å². The number of likely N-dealkylation sites (tertiary alicyclic amines) is 1. The topological polar surface area (TPSA) is 28.2 Å². The lowest BCUT2D eigenvalue weighted by molar-refractivity contribution is 0.152. The van der Waals surface area contributed by atoms with Crippen LogP contribution < -0.4 is 5.32 Å². The molecule has 3 heteroatoms. The molecule has 1 aliphatic heterocycles. The van der Waals surface area contributed by atoms with Crippen molar-refractivity contribution in [2.24, 2.45) is 5.92 Å². The van der Waals surface area contributed by atoms with Gasteiger partial charge in [-0.25, -0.2) is 0 Å². The summed E-state index contributed by atoms with van der Waals surface area (Å²) >= 11 is 0. The van der Waals surface area contributed by atoms with Gasteiger partial charge in [0.1, 0.15) is 0 Å². The van der Waals surface area contributed by atoms with Gasteiger partial charge in [0, 0.05) is 37.6 Å². The number of aromatic nitrogens is 1. The molecular weight excluding hydrogens is 234 g/mol. The number of nitrogens with one attached hydrogen (secondary N) is 1. The van der Waals surface area contributed by atoms with Gasteiger partial charge in [0.2, 0.25) is 0 Å². The fraction of sp³-hybridized carbons (Fsp3) is 0.688. The second-order valence-corrected chi connectivity index (χ2v) is 6.12. The maximum atomic E-state index is 4.23. The number of rotatable bonds is 5. The molecule has 1 aliphatic carbocycles. The first-order valence-electron chi connectivity index (χ1n) is 7.70. The SMILES string of the molecule is CC(c1cccnc1)N1CCC(NCC2CC2)CC1.